The number of H-pyrrole nitrogens is 2. The largest absolute Gasteiger partial charge is 0.467 e. The normalized spacial score (nSPS) is 9.88. The van der Waals surface area contributed by atoms with Gasteiger partial charge in [0.25, 0.3) is 0 Å². The number of aryl methyl sites for hydroxylation is 2. The van der Waals surface area contributed by atoms with E-state index in [1.54, 1.807) is 45.1 Å². The number of fused-ring (bicyclic) bond motifs is 2. The van der Waals surface area contributed by atoms with Crippen LogP contribution in [-0.2, 0) is 0 Å². The van der Waals surface area contributed by atoms with Crippen LogP contribution in [0, 0.1) is 13.8 Å². The molecule has 0 aliphatic carbocycles. The van der Waals surface area contributed by atoms with Crippen LogP contribution in [0.1, 0.15) is 11.6 Å². The van der Waals surface area contributed by atoms with Gasteiger partial charge in [-0.05, 0) is 54.0 Å². The van der Waals surface area contributed by atoms with E-state index in [1.807, 2.05) is 81.4 Å². The van der Waals surface area contributed by atoms with Crippen molar-refractivity contribution in [2.75, 3.05) is 50.9 Å². The number of hydrogen-bond donors (Lipinski definition) is 4. The molecule has 0 radical (unpaired) electrons. The zero-order valence-corrected chi connectivity index (χ0v) is 35.9. The smallest absolute Gasteiger partial charge is 0.345 e. The number of hydrogen-bond acceptors (Lipinski definition) is 17. The van der Waals surface area contributed by atoms with Crippen molar-refractivity contribution in [2.45, 2.75) is 13.8 Å². The summed E-state index contributed by atoms with van der Waals surface area (Å²) >= 11 is 9.02. The minimum atomic E-state index is -0.326. The molecule has 8 rings (SSSR count). The Kier molecular flexibility index (Phi) is 17.7. The Balaban J connectivity index is 0.000000175. The van der Waals surface area contributed by atoms with Gasteiger partial charge < -0.3 is 35.0 Å². The van der Waals surface area contributed by atoms with Gasteiger partial charge in [-0.1, -0.05) is 35.9 Å². The molecule has 0 atom stereocenters. The maximum Gasteiger partial charge on any atom is 0.345 e. The van der Waals surface area contributed by atoms with Crippen LogP contribution in [0.15, 0.2) is 112 Å². The molecule has 0 fully saturated rings. The standard InChI is InChI=1S/C15H15N5O.C9H7ClN2.C6H9N3O.C5H7N3O.C4H3BrN2O/c1-10-18-13-7-5-4-6-12(13)14(19-10)20(2)11-8-16-15(21-3)17-9-11;1-6-11-8-5-3-2-4-7(8)9(10)12-6;1-7-5-3-8-6(10-2)9-4-5;1-6-4-2-7-5(9)8-3-4;5-3-1-6-4(8)7-2-3/h4-9H,1-3H3;2-5H,1H3;3-4,7H,1-2H3;2-3,6H,1H3,(H,7,8,9);1-2H,(H,6,7,8). The topological polar surface area (TPSA) is 240 Å². The zero-order valence-electron chi connectivity index (χ0n) is 33.5. The maximum atomic E-state index is 10.3. The first kappa shape index (κ1) is 45.5. The second kappa shape index (κ2) is 23.3. The highest BCUT2D eigenvalue weighted by molar-refractivity contribution is 9.10. The number of halogens is 2. The highest BCUT2D eigenvalue weighted by Crippen LogP contribution is 2.28. The lowest BCUT2D eigenvalue weighted by molar-refractivity contribution is 0.379. The van der Waals surface area contributed by atoms with E-state index in [0.717, 1.165) is 55.0 Å². The van der Waals surface area contributed by atoms with Crippen molar-refractivity contribution in [2.24, 2.45) is 0 Å². The van der Waals surface area contributed by atoms with Crippen LogP contribution >= 0.6 is 27.5 Å². The molecule has 0 aliphatic heterocycles. The molecular formula is C39H41BrClN15O4. The summed E-state index contributed by atoms with van der Waals surface area (Å²) in [7, 11) is 8.58. The fourth-order valence-corrected chi connectivity index (χ4v) is 5.14. The van der Waals surface area contributed by atoms with Crippen molar-refractivity contribution in [3.05, 3.63) is 140 Å². The van der Waals surface area contributed by atoms with Gasteiger partial charge in [-0.25, -0.2) is 54.4 Å². The summed E-state index contributed by atoms with van der Waals surface area (Å²) in [5.74, 6) is 2.26. The average molecular weight is 899 g/mol. The first-order valence-corrected chi connectivity index (χ1v) is 18.8. The summed E-state index contributed by atoms with van der Waals surface area (Å²) < 4.78 is 10.5. The molecule has 0 amide bonds. The van der Waals surface area contributed by atoms with Crippen LogP contribution in [0.5, 0.6) is 12.0 Å². The highest BCUT2D eigenvalue weighted by Gasteiger charge is 2.12. The maximum absolute atomic E-state index is 10.3. The van der Waals surface area contributed by atoms with Gasteiger partial charge in [0.2, 0.25) is 0 Å². The number of nitrogens with one attached hydrogen (secondary N) is 4. The third-order valence-corrected chi connectivity index (χ3v) is 8.29. The van der Waals surface area contributed by atoms with Gasteiger partial charge in [0.15, 0.2) is 0 Å². The lowest BCUT2D eigenvalue weighted by atomic mass is 10.2. The van der Waals surface area contributed by atoms with Crippen LogP contribution in [-0.4, -0.2) is 95.2 Å². The Morgan fingerprint density at radius 2 is 1.12 bits per heavy atom. The molecule has 4 N–H and O–H groups in total. The highest BCUT2D eigenvalue weighted by atomic mass is 79.9. The molecule has 0 saturated heterocycles. The van der Waals surface area contributed by atoms with Crippen molar-refractivity contribution < 1.29 is 9.47 Å². The Morgan fingerprint density at radius 1 is 0.633 bits per heavy atom. The number of benzene rings is 2. The minimum absolute atomic E-state index is 0.325. The Morgan fingerprint density at radius 3 is 1.62 bits per heavy atom. The van der Waals surface area contributed by atoms with E-state index in [0.29, 0.717) is 23.0 Å². The quantitative estimate of drug-likeness (QED) is 0.141. The monoisotopic (exact) mass is 897 g/mol. The van der Waals surface area contributed by atoms with E-state index in [-0.39, 0.29) is 11.4 Å². The zero-order chi connectivity index (χ0) is 43.4. The number of para-hydroxylation sites is 2. The van der Waals surface area contributed by atoms with Crippen LogP contribution in [0.4, 0.5) is 22.9 Å². The van der Waals surface area contributed by atoms with Crippen LogP contribution < -0.4 is 36.4 Å². The molecule has 8 aromatic rings. The molecule has 60 heavy (non-hydrogen) atoms. The molecule has 6 aromatic heterocycles. The lowest BCUT2D eigenvalue weighted by Crippen LogP contribution is -2.13. The number of aromatic amines is 2. The van der Waals surface area contributed by atoms with Gasteiger partial charge >= 0.3 is 23.4 Å². The van der Waals surface area contributed by atoms with Gasteiger partial charge in [-0.3, -0.25) is 0 Å². The summed E-state index contributed by atoms with van der Waals surface area (Å²) in [6.07, 6.45) is 12.7. The number of anilines is 4. The molecule has 19 nitrogen and oxygen atoms in total. The molecule has 0 aliphatic rings. The van der Waals surface area contributed by atoms with Crippen molar-refractivity contribution in [1.82, 2.24) is 59.8 Å². The number of ether oxygens (including phenoxy) is 2. The molecule has 0 saturated carbocycles. The van der Waals surface area contributed by atoms with E-state index < -0.39 is 0 Å². The first-order chi connectivity index (χ1) is 28.9. The van der Waals surface area contributed by atoms with Crippen molar-refractivity contribution in [3.63, 3.8) is 0 Å². The second-order valence-corrected chi connectivity index (χ2v) is 13.0. The van der Waals surface area contributed by atoms with E-state index in [2.05, 4.69) is 86.4 Å². The first-order valence-electron chi connectivity index (χ1n) is 17.6. The Labute approximate surface area is 357 Å². The molecule has 2 aromatic carbocycles. The number of aromatic nitrogens is 12. The summed E-state index contributed by atoms with van der Waals surface area (Å²) in [4.78, 5) is 67.5. The van der Waals surface area contributed by atoms with Crippen LogP contribution in [0.2, 0.25) is 5.15 Å². The van der Waals surface area contributed by atoms with Gasteiger partial charge in [0.05, 0.1) is 77.8 Å². The second-order valence-electron chi connectivity index (χ2n) is 11.7. The van der Waals surface area contributed by atoms with Crippen LogP contribution in [0.25, 0.3) is 21.8 Å². The third-order valence-electron chi connectivity index (χ3n) is 7.56. The minimum Gasteiger partial charge on any atom is -0.467 e. The SMILES string of the molecule is CNc1cnc(=O)[nH]c1.CNc1cnc(OC)nc1.COc1ncc(N(C)c2nc(C)nc3ccccc23)cn1.Cc1nc(Cl)c2ccccc2n1.O=c1ncc(Br)c[nH]1. The number of rotatable bonds is 6. The number of nitrogens with zero attached hydrogens (tertiary/aromatic N) is 11. The van der Waals surface area contributed by atoms with Gasteiger partial charge in [-0.15, -0.1) is 0 Å². The summed E-state index contributed by atoms with van der Waals surface area (Å²) in [6, 6.07) is 16.4. The summed E-state index contributed by atoms with van der Waals surface area (Å²) in [5.41, 5.74) is 3.67. The summed E-state index contributed by atoms with van der Waals surface area (Å²) in [5, 5.41) is 8.14. The van der Waals surface area contributed by atoms with Crippen molar-refractivity contribution >= 4 is 72.2 Å². The molecule has 0 bridgehead atoms. The average Bonchev–Trinajstić information content (AvgIpc) is 3.28. The fraction of sp³-hybridized carbons (Fsp3) is 0.179. The van der Waals surface area contributed by atoms with Crippen molar-refractivity contribution in [1.29, 1.82) is 0 Å². The predicted octanol–water partition coefficient (Wildman–Crippen LogP) is 5.97. The fourth-order valence-electron chi connectivity index (χ4n) is 4.64. The van der Waals surface area contributed by atoms with Gasteiger partial charge in [-0.2, -0.15) is 4.98 Å². The van der Waals surface area contributed by atoms with Crippen LogP contribution in [0.3, 0.4) is 0 Å². The van der Waals surface area contributed by atoms with Gasteiger partial charge in [0.1, 0.15) is 22.6 Å². The van der Waals surface area contributed by atoms with E-state index >= 15 is 0 Å². The Bertz CT molecular complexity index is 2630. The number of methoxy groups -OCH3 is 2. The summed E-state index contributed by atoms with van der Waals surface area (Å²) in [6.45, 7) is 3.71. The molecule has 0 spiro atoms. The van der Waals surface area contributed by atoms with E-state index in [1.165, 1.54) is 25.7 Å². The molecule has 310 valence electrons. The molecule has 21 heteroatoms. The lowest BCUT2D eigenvalue weighted by Gasteiger charge is -2.19. The van der Waals surface area contributed by atoms with E-state index in [9.17, 15) is 9.59 Å². The van der Waals surface area contributed by atoms with Gasteiger partial charge in [0, 0.05) is 50.5 Å². The molecule has 6 heterocycles. The Hall–Kier alpha value is -7.19. The van der Waals surface area contributed by atoms with E-state index in [4.69, 9.17) is 21.1 Å². The third kappa shape index (κ3) is 14.0. The molecule has 0 unspecified atom stereocenters. The predicted molar refractivity (Wildman–Crippen MR) is 235 cm³/mol. The van der Waals surface area contributed by atoms with Crippen molar-refractivity contribution in [3.8, 4) is 12.0 Å². The molecular weight excluding hydrogens is 858 g/mol.